The van der Waals surface area contributed by atoms with E-state index in [1.54, 1.807) is 6.07 Å². The molecule has 0 bridgehead atoms. The van der Waals surface area contributed by atoms with Gasteiger partial charge in [0.2, 0.25) is 0 Å². The number of nitrogens with zero attached hydrogens (tertiary/aromatic N) is 1. The zero-order valence-electron chi connectivity index (χ0n) is 5.20. The molecule has 0 aliphatic rings. The summed E-state index contributed by atoms with van der Waals surface area (Å²) in [6, 6.07) is 2.99. The largest absolute Gasteiger partial charge is 0.325 e. The van der Waals surface area contributed by atoms with Crippen molar-refractivity contribution in [1.82, 2.24) is 10.2 Å². The van der Waals surface area contributed by atoms with E-state index >= 15 is 0 Å². The van der Waals surface area contributed by atoms with Crippen LogP contribution in [0.3, 0.4) is 0 Å². The van der Waals surface area contributed by atoms with Crippen molar-refractivity contribution in [1.29, 1.82) is 0 Å². The molecule has 0 aliphatic carbocycles. The van der Waals surface area contributed by atoms with Crippen LogP contribution in [-0.4, -0.2) is 10.2 Å². The molecule has 10 heavy (non-hydrogen) atoms. The zero-order chi connectivity index (χ0) is 6.69. The van der Waals surface area contributed by atoms with Crippen LogP contribution in [0.15, 0.2) is 16.9 Å². The predicted octanol–water partition coefficient (Wildman–Crippen LogP) is -0.350. The molecule has 1 heterocycles. The molecule has 0 radical (unpaired) electrons. The zero-order valence-corrected chi connectivity index (χ0v) is 6.02. The van der Waals surface area contributed by atoms with Gasteiger partial charge < -0.3 is 5.73 Å². The van der Waals surface area contributed by atoms with Crippen molar-refractivity contribution in [3.8, 4) is 0 Å². The lowest BCUT2D eigenvalue weighted by atomic mass is 10.4. The Balaban J connectivity index is 0.000000810. The van der Waals surface area contributed by atoms with Crippen molar-refractivity contribution < 1.29 is 0 Å². The number of halogens is 1. The molecule has 1 aromatic heterocycles. The van der Waals surface area contributed by atoms with Gasteiger partial charge in [0.15, 0.2) is 0 Å². The molecule has 1 aromatic rings. The molecule has 56 valence electrons. The number of rotatable bonds is 1. The summed E-state index contributed by atoms with van der Waals surface area (Å²) in [5.74, 6) is 0. The van der Waals surface area contributed by atoms with Crippen molar-refractivity contribution in [2.24, 2.45) is 5.73 Å². The van der Waals surface area contributed by atoms with Crippen LogP contribution >= 0.6 is 12.4 Å². The molecule has 4 nitrogen and oxygen atoms in total. The van der Waals surface area contributed by atoms with Gasteiger partial charge in [0.05, 0.1) is 5.69 Å². The van der Waals surface area contributed by atoms with Gasteiger partial charge in [-0.2, -0.15) is 5.10 Å². The fourth-order valence-electron chi connectivity index (χ4n) is 0.487. The topological polar surface area (TPSA) is 71.8 Å². The summed E-state index contributed by atoms with van der Waals surface area (Å²) in [6.07, 6.45) is 0. The summed E-state index contributed by atoms with van der Waals surface area (Å²) < 4.78 is 0. The highest BCUT2D eigenvalue weighted by Gasteiger charge is 1.86. The Labute approximate surface area is 63.9 Å². The van der Waals surface area contributed by atoms with E-state index < -0.39 is 0 Å². The first kappa shape index (κ1) is 9.13. The Hall–Kier alpha value is -0.870. The third-order valence-corrected chi connectivity index (χ3v) is 0.946. The average Bonchev–Trinajstić information content (AvgIpc) is 1.90. The third-order valence-electron chi connectivity index (χ3n) is 0.946. The summed E-state index contributed by atoms with van der Waals surface area (Å²) >= 11 is 0. The Morgan fingerprint density at radius 3 is 2.70 bits per heavy atom. The van der Waals surface area contributed by atoms with Gasteiger partial charge in [-0.3, -0.25) is 4.79 Å². The molecule has 3 N–H and O–H groups in total. The van der Waals surface area contributed by atoms with Crippen LogP contribution < -0.4 is 11.3 Å². The molecular formula is C5H8ClN3O. The van der Waals surface area contributed by atoms with Crippen molar-refractivity contribution in [2.45, 2.75) is 6.54 Å². The van der Waals surface area contributed by atoms with Crippen LogP contribution in [0.1, 0.15) is 5.69 Å². The van der Waals surface area contributed by atoms with Crippen LogP contribution in [0.4, 0.5) is 0 Å². The second-order valence-corrected chi connectivity index (χ2v) is 1.62. The van der Waals surface area contributed by atoms with Crippen molar-refractivity contribution in [3.05, 3.63) is 28.2 Å². The smallest absolute Gasteiger partial charge is 0.264 e. The highest BCUT2D eigenvalue weighted by atomic mass is 35.5. The molecule has 0 saturated carbocycles. The minimum atomic E-state index is -0.202. The molecular weight excluding hydrogens is 154 g/mol. The number of hydrogen-bond donors (Lipinski definition) is 2. The molecule has 1 rings (SSSR count). The van der Waals surface area contributed by atoms with E-state index in [1.807, 2.05) is 0 Å². The molecule has 0 saturated heterocycles. The lowest BCUT2D eigenvalue weighted by molar-refractivity contribution is 0.878. The van der Waals surface area contributed by atoms with E-state index in [2.05, 4.69) is 10.2 Å². The van der Waals surface area contributed by atoms with Gasteiger partial charge >= 0.3 is 0 Å². The summed E-state index contributed by atoms with van der Waals surface area (Å²) in [5, 5.41) is 5.90. The minimum absolute atomic E-state index is 0. The van der Waals surface area contributed by atoms with Gasteiger partial charge in [-0.1, -0.05) is 0 Å². The van der Waals surface area contributed by atoms with Crippen LogP contribution in [0.5, 0.6) is 0 Å². The van der Waals surface area contributed by atoms with Crippen molar-refractivity contribution in [3.63, 3.8) is 0 Å². The Morgan fingerprint density at radius 2 is 2.30 bits per heavy atom. The molecule has 5 heteroatoms. The van der Waals surface area contributed by atoms with E-state index in [9.17, 15) is 4.79 Å². The fourth-order valence-corrected chi connectivity index (χ4v) is 0.487. The van der Waals surface area contributed by atoms with Gasteiger partial charge in [0, 0.05) is 12.6 Å². The number of aromatic nitrogens is 2. The monoisotopic (exact) mass is 161 g/mol. The normalized spacial score (nSPS) is 8.50. The Bertz CT molecular complexity index is 226. The van der Waals surface area contributed by atoms with Crippen molar-refractivity contribution >= 4 is 12.4 Å². The van der Waals surface area contributed by atoms with Gasteiger partial charge in [0.25, 0.3) is 5.56 Å². The van der Waals surface area contributed by atoms with E-state index in [0.717, 1.165) is 0 Å². The first-order valence-corrected chi connectivity index (χ1v) is 2.57. The highest BCUT2D eigenvalue weighted by Crippen LogP contribution is 1.82. The maximum Gasteiger partial charge on any atom is 0.264 e. The minimum Gasteiger partial charge on any atom is -0.325 e. The van der Waals surface area contributed by atoms with Crippen LogP contribution in [0, 0.1) is 0 Å². The second-order valence-electron chi connectivity index (χ2n) is 1.62. The number of hydrogen-bond acceptors (Lipinski definition) is 3. The SMILES string of the molecule is Cl.NCc1ccc(=O)[nH]n1. The lowest BCUT2D eigenvalue weighted by Gasteiger charge is -1.89. The number of H-pyrrole nitrogens is 1. The highest BCUT2D eigenvalue weighted by molar-refractivity contribution is 5.85. The molecule has 0 unspecified atom stereocenters. The van der Waals surface area contributed by atoms with E-state index in [0.29, 0.717) is 12.2 Å². The average molecular weight is 162 g/mol. The van der Waals surface area contributed by atoms with Gasteiger partial charge in [0.1, 0.15) is 0 Å². The summed E-state index contributed by atoms with van der Waals surface area (Å²) in [5.41, 5.74) is 5.70. The van der Waals surface area contributed by atoms with Gasteiger partial charge in [-0.25, -0.2) is 5.10 Å². The molecule has 0 fully saturated rings. The Kier molecular flexibility index (Phi) is 3.68. The van der Waals surface area contributed by atoms with Crippen molar-refractivity contribution in [2.75, 3.05) is 0 Å². The third kappa shape index (κ3) is 2.16. The first-order chi connectivity index (χ1) is 4.33. The quantitative estimate of drug-likeness (QED) is 0.592. The van der Waals surface area contributed by atoms with Crippen LogP contribution in [0.2, 0.25) is 0 Å². The van der Waals surface area contributed by atoms with Gasteiger partial charge in [-0.15, -0.1) is 12.4 Å². The standard InChI is InChI=1S/C5H7N3O.ClH/c6-3-4-1-2-5(9)8-7-4;/h1-2H,3,6H2,(H,8,9);1H. The maximum absolute atomic E-state index is 10.4. The molecule has 0 spiro atoms. The maximum atomic E-state index is 10.4. The van der Waals surface area contributed by atoms with E-state index in [-0.39, 0.29) is 18.0 Å². The Morgan fingerprint density at radius 1 is 1.60 bits per heavy atom. The molecule has 0 amide bonds. The summed E-state index contributed by atoms with van der Waals surface area (Å²) in [4.78, 5) is 10.4. The van der Waals surface area contributed by atoms with E-state index in [4.69, 9.17) is 5.73 Å². The molecule has 0 atom stereocenters. The van der Waals surface area contributed by atoms with Crippen LogP contribution in [0.25, 0.3) is 0 Å². The molecule has 0 aromatic carbocycles. The summed E-state index contributed by atoms with van der Waals surface area (Å²) in [6.45, 7) is 0.358. The predicted molar refractivity (Wildman–Crippen MR) is 40.0 cm³/mol. The number of nitrogens with two attached hydrogens (primary N) is 1. The van der Waals surface area contributed by atoms with Crippen LogP contribution in [-0.2, 0) is 6.54 Å². The number of nitrogens with one attached hydrogen (secondary N) is 1. The summed E-state index contributed by atoms with van der Waals surface area (Å²) in [7, 11) is 0. The number of aromatic amines is 1. The van der Waals surface area contributed by atoms with Gasteiger partial charge in [-0.05, 0) is 6.07 Å². The van der Waals surface area contributed by atoms with E-state index in [1.165, 1.54) is 6.07 Å². The lowest BCUT2D eigenvalue weighted by Crippen LogP contribution is -2.09. The fraction of sp³-hybridized carbons (Fsp3) is 0.200. The second kappa shape index (κ2) is 4.03. The first-order valence-electron chi connectivity index (χ1n) is 2.57. The molecule has 0 aliphatic heterocycles.